The van der Waals surface area contributed by atoms with Crippen molar-refractivity contribution in [3.8, 4) is 11.5 Å². The lowest BCUT2D eigenvalue weighted by atomic mass is 10.1. The summed E-state index contributed by atoms with van der Waals surface area (Å²) in [4.78, 5) is 24.3. The highest BCUT2D eigenvalue weighted by molar-refractivity contribution is 5.92. The summed E-state index contributed by atoms with van der Waals surface area (Å²) in [5.74, 6) is 0.0238. The van der Waals surface area contributed by atoms with Crippen LogP contribution in [0.1, 0.15) is 45.9 Å². The van der Waals surface area contributed by atoms with Gasteiger partial charge < -0.3 is 23.4 Å². The molecule has 27 heavy (non-hydrogen) atoms. The maximum atomic E-state index is 12.5. The minimum atomic E-state index is -0.590. The van der Waals surface area contributed by atoms with E-state index in [1.807, 2.05) is 13.0 Å². The first-order valence-electron chi connectivity index (χ1n) is 8.35. The highest BCUT2D eigenvalue weighted by Crippen LogP contribution is 2.34. The van der Waals surface area contributed by atoms with Crippen molar-refractivity contribution in [1.29, 1.82) is 0 Å². The van der Waals surface area contributed by atoms with E-state index in [9.17, 15) is 9.59 Å². The molecule has 0 amide bonds. The third kappa shape index (κ3) is 4.69. The molecule has 0 fully saturated rings. The second kappa shape index (κ2) is 9.47. The molecule has 0 spiro atoms. The van der Waals surface area contributed by atoms with Crippen molar-refractivity contribution < 1.29 is 33.0 Å². The first-order chi connectivity index (χ1) is 13.0. The standard InChI is InChI=1S/C20H22O7/c1-5-7-13-10-14(11-16(23-3)18(13)24-4)19(21)27-12-17-15(8-9-26-17)20(22)25-6-2/h5,7-11H,6,12H2,1-4H3. The van der Waals surface area contributed by atoms with Gasteiger partial charge >= 0.3 is 11.9 Å². The molecule has 0 N–H and O–H groups in total. The van der Waals surface area contributed by atoms with Gasteiger partial charge in [-0.2, -0.15) is 0 Å². The van der Waals surface area contributed by atoms with Crippen molar-refractivity contribution >= 4 is 18.0 Å². The summed E-state index contributed by atoms with van der Waals surface area (Å²) in [6, 6.07) is 4.64. The van der Waals surface area contributed by atoms with Gasteiger partial charge in [0.15, 0.2) is 23.9 Å². The third-order valence-corrected chi connectivity index (χ3v) is 3.66. The molecule has 2 rings (SSSR count). The second-order valence-corrected chi connectivity index (χ2v) is 5.36. The lowest BCUT2D eigenvalue weighted by Crippen LogP contribution is -2.10. The van der Waals surface area contributed by atoms with Crippen molar-refractivity contribution in [3.63, 3.8) is 0 Å². The molecule has 0 aliphatic heterocycles. The number of methoxy groups -OCH3 is 2. The fourth-order valence-corrected chi connectivity index (χ4v) is 2.47. The fourth-order valence-electron chi connectivity index (χ4n) is 2.47. The lowest BCUT2D eigenvalue weighted by molar-refractivity contribution is 0.0422. The molecule has 0 atom stereocenters. The van der Waals surface area contributed by atoms with E-state index in [0.717, 1.165) is 0 Å². The summed E-state index contributed by atoms with van der Waals surface area (Å²) >= 11 is 0. The summed E-state index contributed by atoms with van der Waals surface area (Å²) in [6.07, 6.45) is 4.96. The monoisotopic (exact) mass is 374 g/mol. The molecule has 2 aromatic rings. The van der Waals surface area contributed by atoms with Gasteiger partial charge in [0.05, 0.1) is 32.7 Å². The summed E-state index contributed by atoms with van der Waals surface area (Å²) in [5, 5.41) is 0. The molecule has 1 heterocycles. The van der Waals surface area contributed by atoms with Crippen molar-refractivity contribution in [2.75, 3.05) is 20.8 Å². The number of furan rings is 1. The van der Waals surface area contributed by atoms with Gasteiger partial charge in [-0.25, -0.2) is 9.59 Å². The quantitative estimate of drug-likeness (QED) is 0.649. The van der Waals surface area contributed by atoms with Gasteiger partial charge in [0, 0.05) is 5.56 Å². The Balaban J connectivity index is 2.21. The van der Waals surface area contributed by atoms with E-state index in [-0.39, 0.29) is 30.1 Å². The molecule has 1 aromatic carbocycles. The zero-order chi connectivity index (χ0) is 19.8. The second-order valence-electron chi connectivity index (χ2n) is 5.36. The fraction of sp³-hybridized carbons (Fsp3) is 0.300. The zero-order valence-electron chi connectivity index (χ0n) is 15.7. The number of carbonyl (C=O) groups is 2. The first kappa shape index (κ1) is 20.1. The molecular weight excluding hydrogens is 352 g/mol. The van der Waals surface area contributed by atoms with E-state index >= 15 is 0 Å². The van der Waals surface area contributed by atoms with Crippen LogP contribution >= 0.6 is 0 Å². The van der Waals surface area contributed by atoms with Gasteiger partial charge in [0.1, 0.15) is 5.56 Å². The van der Waals surface area contributed by atoms with Gasteiger partial charge in [-0.1, -0.05) is 12.2 Å². The number of esters is 2. The lowest BCUT2D eigenvalue weighted by Gasteiger charge is -2.13. The maximum Gasteiger partial charge on any atom is 0.341 e. The Kier molecular flexibility index (Phi) is 7.05. The highest BCUT2D eigenvalue weighted by Gasteiger charge is 2.19. The predicted octanol–water partition coefficient (Wildman–Crippen LogP) is 3.86. The molecule has 144 valence electrons. The minimum Gasteiger partial charge on any atom is -0.493 e. The molecule has 0 radical (unpaired) electrons. The van der Waals surface area contributed by atoms with Gasteiger partial charge in [0.25, 0.3) is 0 Å². The molecule has 0 saturated heterocycles. The average Bonchev–Trinajstić information content (AvgIpc) is 3.14. The summed E-state index contributed by atoms with van der Waals surface area (Å²) < 4.78 is 26.1. The molecule has 7 heteroatoms. The van der Waals surface area contributed by atoms with Gasteiger partial charge in [0.2, 0.25) is 0 Å². The van der Waals surface area contributed by atoms with Crippen LogP contribution in [-0.2, 0) is 16.1 Å². The number of ether oxygens (including phenoxy) is 4. The smallest absolute Gasteiger partial charge is 0.341 e. The van der Waals surface area contributed by atoms with Crippen molar-refractivity contribution in [2.24, 2.45) is 0 Å². The molecule has 0 unspecified atom stereocenters. The van der Waals surface area contributed by atoms with E-state index in [2.05, 4.69) is 0 Å². The van der Waals surface area contributed by atoms with Crippen LogP contribution in [0.3, 0.4) is 0 Å². The Morgan fingerprint density at radius 3 is 2.52 bits per heavy atom. The summed E-state index contributed by atoms with van der Waals surface area (Å²) in [5.41, 5.74) is 1.19. The third-order valence-electron chi connectivity index (χ3n) is 3.66. The van der Waals surface area contributed by atoms with Crippen LogP contribution in [0, 0.1) is 0 Å². The number of rotatable bonds is 8. The Bertz CT molecular complexity index is 833. The van der Waals surface area contributed by atoms with Gasteiger partial charge in [-0.3, -0.25) is 0 Å². The normalized spacial score (nSPS) is 10.7. The van der Waals surface area contributed by atoms with E-state index in [1.54, 1.807) is 19.1 Å². The number of hydrogen-bond acceptors (Lipinski definition) is 7. The van der Waals surface area contributed by atoms with Crippen LogP contribution in [0.15, 0.2) is 35.0 Å². The van der Waals surface area contributed by atoms with Crippen LogP contribution in [0.2, 0.25) is 0 Å². The van der Waals surface area contributed by atoms with Crippen LogP contribution in [-0.4, -0.2) is 32.8 Å². The Morgan fingerprint density at radius 1 is 1.11 bits per heavy atom. The van der Waals surface area contributed by atoms with Gasteiger partial charge in [-0.05, 0) is 32.0 Å². The van der Waals surface area contributed by atoms with Crippen LogP contribution in [0.25, 0.3) is 6.08 Å². The van der Waals surface area contributed by atoms with Crippen LogP contribution in [0.5, 0.6) is 11.5 Å². The molecule has 0 bridgehead atoms. The Morgan fingerprint density at radius 2 is 1.89 bits per heavy atom. The number of benzene rings is 1. The van der Waals surface area contributed by atoms with E-state index < -0.39 is 11.9 Å². The number of allylic oxidation sites excluding steroid dienone is 1. The number of carbonyl (C=O) groups excluding carboxylic acids is 2. The molecule has 7 nitrogen and oxygen atoms in total. The van der Waals surface area contributed by atoms with E-state index in [1.165, 1.54) is 32.6 Å². The average molecular weight is 374 g/mol. The predicted molar refractivity (Wildman–Crippen MR) is 98.0 cm³/mol. The van der Waals surface area contributed by atoms with Crippen molar-refractivity contribution in [3.05, 3.63) is 53.0 Å². The van der Waals surface area contributed by atoms with Crippen LogP contribution < -0.4 is 9.47 Å². The largest absolute Gasteiger partial charge is 0.493 e. The van der Waals surface area contributed by atoms with Crippen molar-refractivity contribution in [1.82, 2.24) is 0 Å². The SMILES string of the molecule is CC=Cc1cc(C(=O)OCc2occc2C(=O)OCC)cc(OC)c1OC. The Hall–Kier alpha value is -3.22. The molecule has 0 aliphatic rings. The van der Waals surface area contributed by atoms with E-state index in [4.69, 9.17) is 23.4 Å². The van der Waals surface area contributed by atoms with Crippen molar-refractivity contribution in [2.45, 2.75) is 20.5 Å². The summed E-state index contributed by atoms with van der Waals surface area (Å²) in [7, 11) is 3.01. The van der Waals surface area contributed by atoms with Gasteiger partial charge in [-0.15, -0.1) is 0 Å². The van der Waals surface area contributed by atoms with Crippen LogP contribution in [0.4, 0.5) is 0 Å². The highest BCUT2D eigenvalue weighted by atomic mass is 16.5. The molecule has 1 aromatic heterocycles. The zero-order valence-corrected chi connectivity index (χ0v) is 15.7. The topological polar surface area (TPSA) is 84.2 Å². The van der Waals surface area contributed by atoms with E-state index in [0.29, 0.717) is 17.1 Å². The minimum absolute atomic E-state index is 0.201. The number of hydrogen-bond donors (Lipinski definition) is 0. The maximum absolute atomic E-state index is 12.5. The molecular formula is C20H22O7. The Labute approximate surface area is 157 Å². The molecule has 0 saturated carbocycles. The molecule has 0 aliphatic carbocycles. The summed E-state index contributed by atoms with van der Waals surface area (Å²) in [6.45, 7) is 3.59. The first-order valence-corrected chi connectivity index (χ1v) is 8.35.